The average molecular weight is 285 g/mol. The minimum absolute atomic E-state index is 0.235. The van der Waals surface area contributed by atoms with Gasteiger partial charge in [0.05, 0.1) is 5.02 Å². The lowest BCUT2D eigenvalue weighted by molar-refractivity contribution is 0.245. The summed E-state index contributed by atoms with van der Waals surface area (Å²) >= 11 is 5.91. The summed E-state index contributed by atoms with van der Waals surface area (Å²) in [7, 11) is 2.19. The zero-order valence-electron chi connectivity index (χ0n) is 11.5. The van der Waals surface area contributed by atoms with E-state index in [1.807, 2.05) is 6.07 Å². The van der Waals surface area contributed by atoms with Crippen molar-refractivity contribution in [2.75, 3.05) is 20.1 Å². The van der Waals surface area contributed by atoms with Crippen LogP contribution in [-0.2, 0) is 6.54 Å². The lowest BCUT2D eigenvalue weighted by Crippen LogP contribution is -2.35. The highest BCUT2D eigenvalue weighted by atomic mass is 35.5. The van der Waals surface area contributed by atoms with E-state index in [9.17, 15) is 4.39 Å². The van der Waals surface area contributed by atoms with Crippen molar-refractivity contribution in [2.24, 2.45) is 0 Å². The van der Waals surface area contributed by atoms with Gasteiger partial charge in [-0.2, -0.15) is 0 Å². The fourth-order valence-electron chi connectivity index (χ4n) is 2.69. The van der Waals surface area contributed by atoms with E-state index in [1.54, 1.807) is 6.07 Å². The number of nitrogens with one attached hydrogen (secondary N) is 1. The van der Waals surface area contributed by atoms with Gasteiger partial charge in [0, 0.05) is 25.7 Å². The van der Waals surface area contributed by atoms with Gasteiger partial charge in [-0.05, 0) is 31.5 Å². The number of likely N-dealkylation sites (N-methyl/N-ethyl adjacent to an activating group) is 1. The lowest BCUT2D eigenvalue weighted by Gasteiger charge is -2.24. The van der Waals surface area contributed by atoms with Gasteiger partial charge in [0.2, 0.25) is 0 Å². The third kappa shape index (κ3) is 4.16. The van der Waals surface area contributed by atoms with Crippen LogP contribution in [0.1, 0.15) is 31.2 Å². The molecule has 0 heterocycles. The molecule has 0 radical (unpaired) electrons. The predicted molar refractivity (Wildman–Crippen MR) is 78.0 cm³/mol. The maximum absolute atomic E-state index is 13.3. The normalized spacial score (nSPS) is 16.4. The summed E-state index contributed by atoms with van der Waals surface area (Å²) in [5.74, 6) is -0.343. The number of halogens is 2. The monoisotopic (exact) mass is 284 g/mol. The van der Waals surface area contributed by atoms with Crippen LogP contribution in [0.3, 0.4) is 0 Å². The minimum atomic E-state index is -0.343. The van der Waals surface area contributed by atoms with Crippen molar-refractivity contribution in [2.45, 2.75) is 38.3 Å². The van der Waals surface area contributed by atoms with E-state index < -0.39 is 0 Å². The van der Waals surface area contributed by atoms with Crippen molar-refractivity contribution in [3.63, 3.8) is 0 Å². The summed E-state index contributed by atoms with van der Waals surface area (Å²) in [5, 5.41) is 3.57. The molecule has 1 saturated carbocycles. The van der Waals surface area contributed by atoms with Crippen molar-refractivity contribution in [3.8, 4) is 0 Å². The second-order valence-corrected chi connectivity index (χ2v) is 5.69. The van der Waals surface area contributed by atoms with Crippen molar-refractivity contribution in [3.05, 3.63) is 34.6 Å². The molecule has 0 unspecified atom stereocenters. The molecular formula is C15H22ClFN2. The molecule has 0 saturated heterocycles. The van der Waals surface area contributed by atoms with Crippen LogP contribution in [0.15, 0.2) is 18.2 Å². The summed E-state index contributed by atoms with van der Waals surface area (Å²) in [5.41, 5.74) is 0.824. The highest BCUT2D eigenvalue weighted by Crippen LogP contribution is 2.22. The van der Waals surface area contributed by atoms with Crippen LogP contribution in [0.4, 0.5) is 4.39 Å². The Hall–Kier alpha value is -0.640. The topological polar surface area (TPSA) is 15.3 Å². The summed E-state index contributed by atoms with van der Waals surface area (Å²) in [6.07, 6.45) is 5.38. The molecule has 1 aliphatic carbocycles. The number of hydrogen-bond acceptors (Lipinski definition) is 2. The molecule has 1 fully saturated rings. The van der Waals surface area contributed by atoms with E-state index in [4.69, 9.17) is 11.6 Å². The van der Waals surface area contributed by atoms with Crippen LogP contribution < -0.4 is 5.32 Å². The first-order valence-electron chi connectivity index (χ1n) is 7.02. The van der Waals surface area contributed by atoms with Gasteiger partial charge in [0.25, 0.3) is 0 Å². The van der Waals surface area contributed by atoms with E-state index in [-0.39, 0.29) is 10.8 Å². The van der Waals surface area contributed by atoms with E-state index in [0.29, 0.717) is 6.54 Å². The fourth-order valence-corrected chi connectivity index (χ4v) is 2.88. The number of hydrogen-bond donors (Lipinski definition) is 1. The fraction of sp³-hybridized carbons (Fsp3) is 0.600. The minimum Gasteiger partial charge on any atom is -0.311 e. The van der Waals surface area contributed by atoms with Gasteiger partial charge in [-0.1, -0.05) is 36.6 Å². The highest BCUT2D eigenvalue weighted by Gasteiger charge is 2.18. The third-order valence-corrected chi connectivity index (χ3v) is 4.36. The lowest BCUT2D eigenvalue weighted by atomic mass is 10.2. The molecule has 0 amide bonds. The van der Waals surface area contributed by atoms with Crippen LogP contribution in [0.25, 0.3) is 0 Å². The molecule has 0 atom stereocenters. The second kappa shape index (κ2) is 7.22. The van der Waals surface area contributed by atoms with Crippen LogP contribution in [0.5, 0.6) is 0 Å². The average Bonchev–Trinajstić information content (AvgIpc) is 2.93. The predicted octanol–water partition coefficient (Wildman–Crippen LogP) is 3.44. The van der Waals surface area contributed by atoms with Gasteiger partial charge in [0.15, 0.2) is 0 Å². The summed E-state index contributed by atoms with van der Waals surface area (Å²) in [6.45, 7) is 2.55. The molecule has 0 aromatic heterocycles. The SMILES string of the molecule is CN(CCNCc1cccc(F)c1Cl)C1CCCC1. The molecule has 1 N–H and O–H groups in total. The van der Waals surface area contributed by atoms with Crippen LogP contribution >= 0.6 is 11.6 Å². The van der Waals surface area contributed by atoms with Crippen molar-refractivity contribution < 1.29 is 4.39 Å². The molecule has 106 valence electrons. The molecule has 1 aliphatic rings. The largest absolute Gasteiger partial charge is 0.311 e. The summed E-state index contributed by atoms with van der Waals surface area (Å²) < 4.78 is 13.3. The number of nitrogens with zero attached hydrogens (tertiary/aromatic N) is 1. The van der Waals surface area contributed by atoms with Crippen molar-refractivity contribution in [1.29, 1.82) is 0 Å². The summed E-state index contributed by atoms with van der Waals surface area (Å²) in [6, 6.07) is 5.70. The van der Waals surface area contributed by atoms with Gasteiger partial charge < -0.3 is 10.2 Å². The Morgan fingerprint density at radius 2 is 2.11 bits per heavy atom. The van der Waals surface area contributed by atoms with E-state index in [0.717, 1.165) is 24.7 Å². The zero-order valence-corrected chi connectivity index (χ0v) is 12.2. The first kappa shape index (κ1) is 14.8. The number of benzene rings is 1. The molecule has 1 aromatic rings. The van der Waals surface area contributed by atoms with E-state index >= 15 is 0 Å². The quantitative estimate of drug-likeness (QED) is 0.805. The number of rotatable bonds is 6. The molecule has 2 nitrogen and oxygen atoms in total. The highest BCUT2D eigenvalue weighted by molar-refractivity contribution is 6.31. The van der Waals surface area contributed by atoms with Crippen LogP contribution in [0, 0.1) is 5.82 Å². The molecule has 19 heavy (non-hydrogen) atoms. The molecule has 0 spiro atoms. The Morgan fingerprint density at radius 1 is 1.37 bits per heavy atom. The van der Waals surface area contributed by atoms with Crippen molar-refractivity contribution in [1.82, 2.24) is 10.2 Å². The van der Waals surface area contributed by atoms with Crippen LogP contribution in [0.2, 0.25) is 5.02 Å². The van der Waals surface area contributed by atoms with Gasteiger partial charge in [0.1, 0.15) is 5.82 Å². The Kier molecular flexibility index (Phi) is 5.61. The third-order valence-electron chi connectivity index (χ3n) is 3.94. The maximum atomic E-state index is 13.3. The Bertz CT molecular complexity index is 405. The maximum Gasteiger partial charge on any atom is 0.142 e. The van der Waals surface area contributed by atoms with Gasteiger partial charge >= 0.3 is 0 Å². The standard InChI is InChI=1S/C15H22ClFN2/c1-19(13-6-2-3-7-13)10-9-18-11-12-5-4-8-14(17)15(12)16/h4-5,8,13,18H,2-3,6-7,9-11H2,1H3. The zero-order chi connectivity index (χ0) is 13.7. The Morgan fingerprint density at radius 3 is 2.84 bits per heavy atom. The van der Waals surface area contributed by atoms with Gasteiger partial charge in [-0.15, -0.1) is 0 Å². The first-order chi connectivity index (χ1) is 9.18. The van der Waals surface area contributed by atoms with Crippen LogP contribution in [-0.4, -0.2) is 31.1 Å². The molecular weight excluding hydrogens is 263 g/mol. The Labute approximate surface area is 119 Å². The molecule has 4 heteroatoms. The van der Waals surface area contributed by atoms with E-state index in [2.05, 4.69) is 17.3 Å². The first-order valence-corrected chi connectivity index (χ1v) is 7.40. The summed E-state index contributed by atoms with van der Waals surface area (Å²) in [4.78, 5) is 2.42. The smallest absolute Gasteiger partial charge is 0.142 e. The van der Waals surface area contributed by atoms with Gasteiger partial charge in [-0.3, -0.25) is 0 Å². The van der Waals surface area contributed by atoms with Gasteiger partial charge in [-0.25, -0.2) is 4.39 Å². The molecule has 0 bridgehead atoms. The molecule has 0 aliphatic heterocycles. The molecule has 2 rings (SSSR count). The van der Waals surface area contributed by atoms with E-state index in [1.165, 1.54) is 31.7 Å². The molecule has 1 aromatic carbocycles. The Balaban J connectivity index is 1.70. The second-order valence-electron chi connectivity index (χ2n) is 5.31. The van der Waals surface area contributed by atoms with Crippen molar-refractivity contribution >= 4 is 11.6 Å².